The van der Waals surface area contributed by atoms with E-state index in [1.165, 1.54) is 19.3 Å². The Balaban J connectivity index is 3.98. The van der Waals surface area contributed by atoms with Crippen LogP contribution in [0.25, 0.3) is 0 Å². The van der Waals surface area contributed by atoms with Gasteiger partial charge in [-0.1, -0.05) is 181 Å². The molecule has 0 bridgehead atoms. The van der Waals surface area contributed by atoms with E-state index in [4.69, 9.17) is 9.05 Å². The fourth-order valence-corrected chi connectivity index (χ4v) is 6.75. The number of hydrogen-bond donors (Lipinski definition) is 2. The van der Waals surface area contributed by atoms with Crippen LogP contribution in [0.3, 0.4) is 0 Å². The number of likely N-dealkylation sites (N-methyl/N-ethyl adjacent to an activating group) is 1. The normalized spacial score (nSPS) is 15.2. The standard InChI is InChI=1S/C52H89N2O6P/c1-6-8-10-12-13-14-15-16-17-18-19-20-21-22-23-24-25-26-27-28-29-30-31-32-33-34-35-36-37-38-39-40-41-42-44-46-52(56)53-50(51(55)45-43-11-9-7-2)49-60-61(57,58)59-48-47-54(3,4)5/h8,10,13-14,16-17,19-20,22-23,25-26,28-29,31-32,34-35,50-51,55H,6-7,9,11-12,15,18,21,24,27,30,33,36-49H2,1-5H3,(H-,53,56,57,58)/b10-8-,14-13-,17-16-,20-19-,23-22-,26-25-,29-28-,32-31-,35-34-. The maximum absolute atomic E-state index is 12.7. The number of quaternary nitrogens is 1. The predicted molar refractivity (Wildman–Crippen MR) is 260 cm³/mol. The van der Waals surface area contributed by atoms with E-state index in [9.17, 15) is 19.4 Å². The summed E-state index contributed by atoms with van der Waals surface area (Å²) in [5, 5.41) is 13.6. The average Bonchev–Trinajstić information content (AvgIpc) is 3.21. The zero-order chi connectivity index (χ0) is 45.0. The lowest BCUT2D eigenvalue weighted by Gasteiger charge is -2.30. The van der Waals surface area contributed by atoms with Gasteiger partial charge in [0.25, 0.3) is 7.82 Å². The van der Waals surface area contributed by atoms with Crippen LogP contribution in [0.4, 0.5) is 0 Å². The Hall–Kier alpha value is -2.84. The van der Waals surface area contributed by atoms with Crippen LogP contribution in [-0.4, -0.2) is 68.5 Å². The van der Waals surface area contributed by atoms with Crippen molar-refractivity contribution in [3.63, 3.8) is 0 Å². The van der Waals surface area contributed by atoms with Gasteiger partial charge in [-0.05, 0) is 83.5 Å². The third kappa shape index (κ3) is 45.0. The lowest BCUT2D eigenvalue weighted by Crippen LogP contribution is -2.46. The predicted octanol–water partition coefficient (Wildman–Crippen LogP) is 13.1. The molecule has 0 aromatic heterocycles. The Labute approximate surface area is 374 Å². The third-order valence-corrected chi connectivity index (χ3v) is 10.7. The Morgan fingerprint density at radius 1 is 0.590 bits per heavy atom. The Bertz CT molecular complexity index is 1350. The van der Waals surface area contributed by atoms with Gasteiger partial charge in [0.2, 0.25) is 5.91 Å². The number of aliphatic hydroxyl groups is 1. The highest BCUT2D eigenvalue weighted by Gasteiger charge is 2.24. The van der Waals surface area contributed by atoms with Gasteiger partial charge in [-0.2, -0.15) is 0 Å². The van der Waals surface area contributed by atoms with Gasteiger partial charge in [0.1, 0.15) is 13.2 Å². The van der Waals surface area contributed by atoms with Crippen molar-refractivity contribution in [2.75, 3.05) is 40.9 Å². The van der Waals surface area contributed by atoms with Crippen LogP contribution >= 0.6 is 7.82 Å². The lowest BCUT2D eigenvalue weighted by molar-refractivity contribution is -0.870. The largest absolute Gasteiger partial charge is 0.756 e. The van der Waals surface area contributed by atoms with Gasteiger partial charge in [0.15, 0.2) is 0 Å². The molecule has 348 valence electrons. The second-order valence-corrected chi connectivity index (χ2v) is 18.1. The Kier molecular flexibility index (Phi) is 40.5. The first-order chi connectivity index (χ1) is 29.5. The molecular weight excluding hydrogens is 780 g/mol. The summed E-state index contributed by atoms with van der Waals surface area (Å²) in [6.07, 6.45) is 61.7. The van der Waals surface area contributed by atoms with Crippen LogP contribution in [0, 0.1) is 0 Å². The van der Waals surface area contributed by atoms with Crippen LogP contribution in [0.1, 0.15) is 162 Å². The molecule has 0 aromatic rings. The number of phosphoric ester groups is 1. The topological polar surface area (TPSA) is 108 Å². The van der Waals surface area contributed by atoms with E-state index in [1.807, 2.05) is 21.1 Å². The summed E-state index contributed by atoms with van der Waals surface area (Å²) in [6.45, 7) is 4.43. The van der Waals surface area contributed by atoms with Crippen LogP contribution in [0.2, 0.25) is 0 Å². The molecule has 8 nitrogen and oxygen atoms in total. The zero-order valence-corrected chi connectivity index (χ0v) is 40.2. The number of allylic oxidation sites excluding steroid dienone is 18. The smallest absolute Gasteiger partial charge is 0.268 e. The molecular formula is C52H89N2O6P. The maximum atomic E-state index is 12.7. The number of unbranched alkanes of at least 4 members (excludes halogenated alkanes) is 10. The number of carbonyl (C=O) groups excluding carboxylic acids is 1. The van der Waals surface area contributed by atoms with E-state index in [1.54, 1.807) is 0 Å². The van der Waals surface area contributed by atoms with Gasteiger partial charge < -0.3 is 28.8 Å². The highest BCUT2D eigenvalue weighted by atomic mass is 31.2. The summed E-state index contributed by atoms with van der Waals surface area (Å²) in [4.78, 5) is 25.1. The second-order valence-electron chi connectivity index (χ2n) is 16.7. The number of phosphoric acid groups is 1. The summed E-state index contributed by atoms with van der Waals surface area (Å²) in [5.74, 6) is -0.192. The van der Waals surface area contributed by atoms with Crippen molar-refractivity contribution in [1.29, 1.82) is 0 Å². The molecule has 0 fully saturated rings. The van der Waals surface area contributed by atoms with Gasteiger partial charge >= 0.3 is 0 Å². The van der Waals surface area contributed by atoms with E-state index >= 15 is 0 Å². The molecule has 0 saturated heterocycles. The molecule has 1 amide bonds. The van der Waals surface area contributed by atoms with Crippen LogP contribution in [-0.2, 0) is 18.4 Å². The van der Waals surface area contributed by atoms with Gasteiger partial charge in [0.05, 0.1) is 39.9 Å². The van der Waals surface area contributed by atoms with Crippen molar-refractivity contribution < 1.29 is 32.9 Å². The minimum Gasteiger partial charge on any atom is -0.756 e. The number of amides is 1. The molecule has 0 saturated carbocycles. The van der Waals surface area contributed by atoms with E-state index < -0.39 is 20.0 Å². The molecule has 0 aliphatic rings. The van der Waals surface area contributed by atoms with Gasteiger partial charge in [-0.15, -0.1) is 0 Å². The number of hydrogen-bond acceptors (Lipinski definition) is 6. The number of nitrogens with zero attached hydrogens (tertiary/aromatic N) is 1. The Morgan fingerprint density at radius 2 is 1.00 bits per heavy atom. The fourth-order valence-electron chi connectivity index (χ4n) is 6.03. The lowest BCUT2D eigenvalue weighted by atomic mass is 10.0. The second kappa shape index (κ2) is 42.5. The van der Waals surface area contributed by atoms with Crippen LogP contribution in [0.5, 0.6) is 0 Å². The number of nitrogens with one attached hydrogen (secondary N) is 1. The molecule has 0 radical (unpaired) electrons. The number of aliphatic hydroxyl groups excluding tert-OH is 1. The van der Waals surface area contributed by atoms with Crippen molar-refractivity contribution in [2.24, 2.45) is 0 Å². The van der Waals surface area contributed by atoms with Gasteiger partial charge in [-0.25, -0.2) is 0 Å². The quantitative estimate of drug-likeness (QED) is 0.0274. The summed E-state index contributed by atoms with van der Waals surface area (Å²) in [7, 11) is 1.27. The third-order valence-electron chi connectivity index (χ3n) is 9.78. The summed E-state index contributed by atoms with van der Waals surface area (Å²) in [6, 6.07) is -0.809. The molecule has 0 heterocycles. The highest BCUT2D eigenvalue weighted by molar-refractivity contribution is 7.45. The number of carbonyl (C=O) groups is 1. The van der Waals surface area contributed by atoms with Gasteiger partial charge in [0, 0.05) is 6.42 Å². The molecule has 0 rings (SSSR count). The fraction of sp³-hybridized carbons (Fsp3) is 0.635. The minimum absolute atomic E-state index is 0.00251. The molecule has 2 N–H and O–H groups in total. The molecule has 0 aliphatic heterocycles. The van der Waals surface area contributed by atoms with Gasteiger partial charge in [-0.3, -0.25) is 9.36 Å². The number of rotatable bonds is 41. The minimum atomic E-state index is -4.56. The monoisotopic (exact) mass is 869 g/mol. The summed E-state index contributed by atoms with van der Waals surface area (Å²) in [5.41, 5.74) is 0. The first kappa shape index (κ1) is 58.2. The highest BCUT2D eigenvalue weighted by Crippen LogP contribution is 2.38. The first-order valence-electron chi connectivity index (χ1n) is 23.7. The summed E-state index contributed by atoms with van der Waals surface area (Å²) >= 11 is 0. The molecule has 9 heteroatoms. The van der Waals surface area contributed by atoms with Crippen molar-refractivity contribution in [1.82, 2.24) is 5.32 Å². The van der Waals surface area contributed by atoms with Crippen LogP contribution in [0.15, 0.2) is 109 Å². The van der Waals surface area contributed by atoms with Crippen molar-refractivity contribution in [3.05, 3.63) is 109 Å². The Morgan fingerprint density at radius 3 is 1.44 bits per heavy atom. The van der Waals surface area contributed by atoms with E-state index in [2.05, 4.69) is 129 Å². The zero-order valence-electron chi connectivity index (χ0n) is 39.3. The molecule has 0 aromatic carbocycles. The SMILES string of the molecule is CC/C=C\C/C=C\C/C=C\C/C=C\C/C=C\C/C=C\C/C=C\C/C=C\C/C=C\CCCCCCCCCC(=O)NC(COP(=O)([O-])OCC[N+](C)(C)C)C(O)CCCCCC. The maximum Gasteiger partial charge on any atom is 0.268 e. The van der Waals surface area contributed by atoms with Crippen molar-refractivity contribution >= 4 is 13.7 Å². The summed E-state index contributed by atoms with van der Waals surface area (Å²) < 4.78 is 23.0. The van der Waals surface area contributed by atoms with Crippen LogP contribution < -0.4 is 10.2 Å². The first-order valence-corrected chi connectivity index (χ1v) is 25.2. The molecule has 61 heavy (non-hydrogen) atoms. The van der Waals surface area contributed by atoms with E-state index in [0.29, 0.717) is 23.9 Å². The molecule has 0 aliphatic carbocycles. The van der Waals surface area contributed by atoms with Crippen molar-refractivity contribution in [3.8, 4) is 0 Å². The van der Waals surface area contributed by atoms with Crippen molar-refractivity contribution in [2.45, 2.75) is 174 Å². The van der Waals surface area contributed by atoms with E-state index in [-0.39, 0.29) is 19.1 Å². The molecule has 3 atom stereocenters. The molecule has 0 spiro atoms. The average molecular weight is 869 g/mol. The van der Waals surface area contributed by atoms with E-state index in [0.717, 1.165) is 116 Å². The molecule has 3 unspecified atom stereocenters.